The lowest BCUT2D eigenvalue weighted by atomic mass is 10.0. The SMILES string of the molecule is C[C@H](c1cccc(CN(C)CCN2CCCCC2=O)c1)N(C)C. The molecule has 0 aliphatic carbocycles. The van der Waals surface area contributed by atoms with Gasteiger partial charge < -0.3 is 14.7 Å². The van der Waals surface area contributed by atoms with Crippen LogP contribution in [0.1, 0.15) is 43.4 Å². The third-order valence-electron chi connectivity index (χ3n) is 4.83. The Morgan fingerprint density at radius 3 is 2.70 bits per heavy atom. The number of hydrogen-bond acceptors (Lipinski definition) is 3. The molecule has 0 aromatic heterocycles. The lowest BCUT2D eigenvalue weighted by Crippen LogP contribution is -2.40. The second-order valence-corrected chi connectivity index (χ2v) is 6.96. The Balaban J connectivity index is 1.86. The van der Waals surface area contributed by atoms with E-state index in [-0.39, 0.29) is 0 Å². The van der Waals surface area contributed by atoms with Crippen molar-refractivity contribution in [3.63, 3.8) is 0 Å². The predicted molar refractivity (Wildman–Crippen MR) is 95.3 cm³/mol. The third-order valence-corrected chi connectivity index (χ3v) is 4.83. The number of piperidine rings is 1. The Morgan fingerprint density at radius 2 is 2.00 bits per heavy atom. The first-order chi connectivity index (χ1) is 11.0. The first-order valence-electron chi connectivity index (χ1n) is 8.69. The zero-order valence-corrected chi connectivity index (χ0v) is 15.1. The van der Waals surface area contributed by atoms with Crippen LogP contribution in [0.2, 0.25) is 0 Å². The van der Waals surface area contributed by atoms with Crippen LogP contribution in [0.3, 0.4) is 0 Å². The maximum absolute atomic E-state index is 11.9. The normalized spacial score (nSPS) is 17.1. The Bertz CT molecular complexity index is 515. The van der Waals surface area contributed by atoms with Crippen LogP contribution in [-0.2, 0) is 11.3 Å². The van der Waals surface area contributed by atoms with Gasteiger partial charge in [0.1, 0.15) is 0 Å². The van der Waals surface area contributed by atoms with Crippen molar-refractivity contribution in [2.24, 2.45) is 0 Å². The van der Waals surface area contributed by atoms with Gasteiger partial charge in [0.15, 0.2) is 0 Å². The van der Waals surface area contributed by atoms with Crippen molar-refractivity contribution in [3.8, 4) is 0 Å². The van der Waals surface area contributed by atoms with Crippen molar-refractivity contribution in [2.75, 3.05) is 40.8 Å². The van der Waals surface area contributed by atoms with Gasteiger partial charge in [0.2, 0.25) is 5.91 Å². The number of carbonyl (C=O) groups is 1. The topological polar surface area (TPSA) is 26.8 Å². The fraction of sp³-hybridized carbons (Fsp3) is 0.632. The van der Waals surface area contributed by atoms with Crippen LogP contribution in [0.5, 0.6) is 0 Å². The molecular weight excluding hydrogens is 286 g/mol. The van der Waals surface area contributed by atoms with E-state index in [1.54, 1.807) is 0 Å². The number of rotatable bonds is 7. The summed E-state index contributed by atoms with van der Waals surface area (Å²) >= 11 is 0. The summed E-state index contributed by atoms with van der Waals surface area (Å²) in [6.45, 7) is 5.87. The minimum Gasteiger partial charge on any atom is -0.341 e. The van der Waals surface area contributed by atoms with Gasteiger partial charge in [-0.25, -0.2) is 0 Å². The van der Waals surface area contributed by atoms with Gasteiger partial charge >= 0.3 is 0 Å². The summed E-state index contributed by atoms with van der Waals surface area (Å²) in [7, 11) is 6.36. The largest absolute Gasteiger partial charge is 0.341 e. The van der Waals surface area contributed by atoms with Crippen molar-refractivity contribution in [1.29, 1.82) is 0 Å². The van der Waals surface area contributed by atoms with Crippen molar-refractivity contribution < 1.29 is 4.79 Å². The number of amides is 1. The van der Waals surface area contributed by atoms with Crippen molar-refractivity contribution >= 4 is 5.91 Å². The molecule has 2 rings (SSSR count). The van der Waals surface area contributed by atoms with Crippen LogP contribution in [0, 0.1) is 0 Å². The van der Waals surface area contributed by atoms with E-state index in [1.807, 2.05) is 4.90 Å². The number of carbonyl (C=O) groups excluding carboxylic acids is 1. The van der Waals surface area contributed by atoms with Crippen LogP contribution in [-0.4, -0.2) is 61.4 Å². The summed E-state index contributed by atoms with van der Waals surface area (Å²) in [4.78, 5) is 18.4. The summed E-state index contributed by atoms with van der Waals surface area (Å²) in [5.41, 5.74) is 2.69. The Morgan fingerprint density at radius 1 is 1.22 bits per heavy atom. The van der Waals surface area contributed by atoms with Crippen LogP contribution in [0.25, 0.3) is 0 Å². The minimum absolute atomic E-state index is 0.325. The maximum Gasteiger partial charge on any atom is 0.222 e. The quantitative estimate of drug-likeness (QED) is 0.774. The van der Waals surface area contributed by atoms with Gasteiger partial charge in [0, 0.05) is 38.6 Å². The molecule has 1 aromatic carbocycles. The van der Waals surface area contributed by atoms with E-state index < -0.39 is 0 Å². The molecule has 1 heterocycles. The molecule has 1 aliphatic heterocycles. The van der Waals surface area contributed by atoms with Crippen LogP contribution < -0.4 is 0 Å². The van der Waals surface area contributed by atoms with E-state index in [4.69, 9.17) is 0 Å². The van der Waals surface area contributed by atoms with E-state index in [1.165, 1.54) is 11.1 Å². The second kappa shape index (κ2) is 8.46. The van der Waals surface area contributed by atoms with Gasteiger partial charge in [-0.15, -0.1) is 0 Å². The molecule has 23 heavy (non-hydrogen) atoms. The Kier molecular flexibility index (Phi) is 6.60. The second-order valence-electron chi connectivity index (χ2n) is 6.96. The molecule has 0 spiro atoms. The molecule has 0 N–H and O–H groups in total. The number of hydrogen-bond donors (Lipinski definition) is 0. The molecule has 0 bridgehead atoms. The highest BCUT2D eigenvalue weighted by molar-refractivity contribution is 5.76. The molecule has 4 nitrogen and oxygen atoms in total. The van der Waals surface area contributed by atoms with Crippen LogP contribution in [0.4, 0.5) is 0 Å². The van der Waals surface area contributed by atoms with Gasteiger partial charge in [-0.3, -0.25) is 4.79 Å². The van der Waals surface area contributed by atoms with Crippen molar-refractivity contribution in [3.05, 3.63) is 35.4 Å². The number of likely N-dealkylation sites (tertiary alicyclic amines) is 1. The summed E-state index contributed by atoms with van der Waals surface area (Å²) in [6.07, 6.45) is 2.94. The summed E-state index contributed by atoms with van der Waals surface area (Å²) < 4.78 is 0. The van der Waals surface area contributed by atoms with Gasteiger partial charge in [-0.1, -0.05) is 24.3 Å². The van der Waals surface area contributed by atoms with Crippen LogP contribution in [0.15, 0.2) is 24.3 Å². The highest BCUT2D eigenvalue weighted by atomic mass is 16.2. The third kappa shape index (κ3) is 5.33. The first-order valence-corrected chi connectivity index (χ1v) is 8.69. The van der Waals surface area contributed by atoms with E-state index in [9.17, 15) is 4.79 Å². The molecule has 1 saturated heterocycles. The zero-order valence-electron chi connectivity index (χ0n) is 15.1. The Hall–Kier alpha value is -1.39. The minimum atomic E-state index is 0.325. The average molecular weight is 317 g/mol. The fourth-order valence-corrected chi connectivity index (χ4v) is 3.03. The predicted octanol–water partition coefficient (Wildman–Crippen LogP) is 2.75. The van der Waals surface area contributed by atoms with Crippen molar-refractivity contribution in [1.82, 2.24) is 14.7 Å². The monoisotopic (exact) mass is 317 g/mol. The summed E-state index contributed by atoms with van der Waals surface area (Å²) in [5.74, 6) is 0.325. The molecule has 1 aromatic rings. The molecule has 4 heteroatoms. The lowest BCUT2D eigenvalue weighted by Gasteiger charge is -2.29. The molecule has 0 radical (unpaired) electrons. The van der Waals surface area contributed by atoms with E-state index in [0.29, 0.717) is 11.9 Å². The van der Waals surface area contributed by atoms with E-state index in [2.05, 4.69) is 62.1 Å². The summed E-state index contributed by atoms with van der Waals surface area (Å²) in [6, 6.07) is 9.25. The summed E-state index contributed by atoms with van der Waals surface area (Å²) in [5, 5.41) is 0. The molecular formula is C19H31N3O. The molecule has 1 aliphatic rings. The average Bonchev–Trinajstić information content (AvgIpc) is 2.53. The molecule has 0 unspecified atom stereocenters. The van der Waals surface area contributed by atoms with Crippen molar-refractivity contribution in [2.45, 2.75) is 38.8 Å². The Labute approximate surface area is 141 Å². The fourth-order valence-electron chi connectivity index (χ4n) is 3.03. The van der Waals surface area contributed by atoms with Gasteiger partial charge in [-0.2, -0.15) is 0 Å². The molecule has 1 fully saturated rings. The molecule has 0 saturated carbocycles. The number of likely N-dealkylation sites (N-methyl/N-ethyl adjacent to an activating group) is 1. The first kappa shape index (κ1) is 18.0. The van der Waals surface area contributed by atoms with Crippen LogP contribution >= 0.6 is 0 Å². The zero-order chi connectivity index (χ0) is 16.8. The van der Waals surface area contributed by atoms with Gasteiger partial charge in [0.25, 0.3) is 0 Å². The smallest absolute Gasteiger partial charge is 0.222 e. The van der Waals surface area contributed by atoms with Gasteiger partial charge in [-0.05, 0) is 52.0 Å². The van der Waals surface area contributed by atoms with E-state index in [0.717, 1.165) is 45.4 Å². The highest BCUT2D eigenvalue weighted by Crippen LogP contribution is 2.19. The molecule has 1 amide bonds. The molecule has 128 valence electrons. The standard InChI is InChI=1S/C19H31N3O/c1-16(20(2)3)18-9-7-8-17(14-18)15-21(4)12-13-22-11-6-5-10-19(22)23/h7-9,14,16H,5-6,10-13,15H2,1-4H3/t16-/m1/s1. The molecule has 1 atom stereocenters. The number of nitrogens with zero attached hydrogens (tertiary/aromatic N) is 3. The number of benzene rings is 1. The van der Waals surface area contributed by atoms with E-state index >= 15 is 0 Å². The highest BCUT2D eigenvalue weighted by Gasteiger charge is 2.17. The van der Waals surface area contributed by atoms with Gasteiger partial charge in [0.05, 0.1) is 0 Å². The maximum atomic E-state index is 11.9. The lowest BCUT2D eigenvalue weighted by molar-refractivity contribution is -0.133.